The highest BCUT2D eigenvalue weighted by Crippen LogP contribution is 2.15. The monoisotopic (exact) mass is 323 g/mol. The maximum Gasteiger partial charge on any atom is 0.238 e. The number of nitrogens with zero attached hydrogens (tertiary/aromatic N) is 3. The Hall–Kier alpha value is -1.86. The highest BCUT2D eigenvalue weighted by Gasteiger charge is 2.25. The number of ether oxygens (including phenoxy) is 1. The second kappa shape index (κ2) is 6.93. The van der Waals surface area contributed by atoms with E-state index in [9.17, 15) is 8.42 Å². The summed E-state index contributed by atoms with van der Waals surface area (Å²) in [6.07, 6.45) is 1.85. The third kappa shape index (κ3) is 4.08. The molecular formula is C15H21N3O3S. The molecule has 0 saturated carbocycles. The first-order chi connectivity index (χ1) is 10.4. The van der Waals surface area contributed by atoms with Gasteiger partial charge in [-0.25, -0.2) is 8.42 Å². The van der Waals surface area contributed by atoms with E-state index in [1.807, 2.05) is 30.3 Å². The number of sulfonamides is 1. The van der Waals surface area contributed by atoms with Crippen LogP contribution in [0.4, 0.5) is 5.82 Å². The maximum atomic E-state index is 12.5. The molecule has 120 valence electrons. The number of anilines is 1. The van der Waals surface area contributed by atoms with E-state index in [1.165, 1.54) is 18.5 Å². The van der Waals surface area contributed by atoms with Gasteiger partial charge in [-0.05, 0) is 12.0 Å². The molecule has 7 heteroatoms. The van der Waals surface area contributed by atoms with E-state index < -0.39 is 16.1 Å². The van der Waals surface area contributed by atoms with Crippen molar-refractivity contribution >= 4 is 15.8 Å². The zero-order chi connectivity index (χ0) is 16.2. The molecule has 0 aliphatic rings. The van der Waals surface area contributed by atoms with Crippen LogP contribution in [0.2, 0.25) is 0 Å². The van der Waals surface area contributed by atoms with Crippen LogP contribution < -0.4 is 4.31 Å². The van der Waals surface area contributed by atoms with Gasteiger partial charge in [0, 0.05) is 33.5 Å². The third-order valence-corrected chi connectivity index (χ3v) is 5.29. The van der Waals surface area contributed by atoms with Crippen molar-refractivity contribution in [1.29, 1.82) is 0 Å². The van der Waals surface area contributed by atoms with Crippen molar-refractivity contribution in [2.24, 2.45) is 7.05 Å². The lowest BCUT2D eigenvalue weighted by molar-refractivity contribution is 0.121. The summed E-state index contributed by atoms with van der Waals surface area (Å²) >= 11 is 0. The van der Waals surface area contributed by atoms with Gasteiger partial charge in [0.15, 0.2) is 5.82 Å². The lowest BCUT2D eigenvalue weighted by Gasteiger charge is -2.21. The fourth-order valence-electron chi connectivity index (χ4n) is 2.15. The molecule has 2 rings (SSSR count). The minimum Gasteiger partial charge on any atom is -0.380 e. The van der Waals surface area contributed by atoms with Crippen molar-refractivity contribution in [2.75, 3.05) is 24.2 Å². The Labute approximate surface area is 131 Å². The van der Waals surface area contributed by atoms with Crippen LogP contribution in [0.5, 0.6) is 0 Å². The lowest BCUT2D eigenvalue weighted by atomic mass is 10.1. The Morgan fingerprint density at radius 2 is 1.95 bits per heavy atom. The van der Waals surface area contributed by atoms with E-state index in [-0.39, 0.29) is 5.75 Å². The Morgan fingerprint density at radius 3 is 2.50 bits per heavy atom. The second-order valence-corrected chi connectivity index (χ2v) is 7.19. The maximum absolute atomic E-state index is 12.5. The zero-order valence-electron chi connectivity index (χ0n) is 13.0. The van der Waals surface area contributed by atoms with E-state index in [2.05, 4.69) is 5.10 Å². The quantitative estimate of drug-likeness (QED) is 0.773. The van der Waals surface area contributed by atoms with E-state index in [0.29, 0.717) is 12.2 Å². The molecule has 2 aromatic rings. The number of benzene rings is 1. The van der Waals surface area contributed by atoms with Crippen molar-refractivity contribution in [3.05, 3.63) is 48.2 Å². The molecule has 0 unspecified atom stereocenters. The summed E-state index contributed by atoms with van der Waals surface area (Å²) in [5.41, 5.74) is 1.05. The molecule has 0 fully saturated rings. The fourth-order valence-corrected chi connectivity index (χ4v) is 3.48. The lowest BCUT2D eigenvalue weighted by Crippen LogP contribution is -2.36. The van der Waals surface area contributed by atoms with E-state index in [1.54, 1.807) is 24.0 Å². The van der Waals surface area contributed by atoms with Crippen LogP contribution in [0.15, 0.2) is 42.6 Å². The minimum atomic E-state index is -3.50. The number of rotatable bonds is 7. The molecule has 1 aromatic carbocycles. The van der Waals surface area contributed by atoms with Crippen molar-refractivity contribution in [1.82, 2.24) is 9.78 Å². The molecule has 0 bridgehead atoms. The summed E-state index contributed by atoms with van der Waals surface area (Å²) in [4.78, 5) is 0. The number of hydrogen-bond donors (Lipinski definition) is 0. The molecule has 0 saturated heterocycles. The molecule has 1 heterocycles. The van der Waals surface area contributed by atoms with Gasteiger partial charge >= 0.3 is 0 Å². The summed E-state index contributed by atoms with van der Waals surface area (Å²) < 4.78 is 33.1. The van der Waals surface area contributed by atoms with Crippen LogP contribution >= 0.6 is 0 Å². The van der Waals surface area contributed by atoms with Gasteiger partial charge in [0.25, 0.3) is 0 Å². The van der Waals surface area contributed by atoms with Gasteiger partial charge in [-0.3, -0.25) is 8.99 Å². The average Bonchev–Trinajstić information content (AvgIpc) is 2.93. The van der Waals surface area contributed by atoms with Crippen LogP contribution in [-0.2, 0) is 28.2 Å². The van der Waals surface area contributed by atoms with Crippen LogP contribution in [0, 0.1) is 0 Å². The predicted molar refractivity (Wildman–Crippen MR) is 86.3 cm³/mol. The molecule has 0 spiro atoms. The zero-order valence-corrected chi connectivity index (χ0v) is 13.8. The van der Waals surface area contributed by atoms with Gasteiger partial charge < -0.3 is 4.74 Å². The van der Waals surface area contributed by atoms with Crippen LogP contribution in [0.25, 0.3) is 0 Å². The summed E-state index contributed by atoms with van der Waals surface area (Å²) in [5, 5.41) is 4.12. The van der Waals surface area contributed by atoms with E-state index in [0.717, 1.165) is 5.56 Å². The van der Waals surface area contributed by atoms with Crippen LogP contribution in [-0.4, -0.2) is 44.2 Å². The van der Waals surface area contributed by atoms with Crippen molar-refractivity contribution < 1.29 is 13.2 Å². The fraction of sp³-hybridized carbons (Fsp3) is 0.400. The summed E-state index contributed by atoms with van der Waals surface area (Å²) in [5.74, 6) is 0.308. The molecule has 0 N–H and O–H groups in total. The second-order valence-electron chi connectivity index (χ2n) is 5.14. The SMILES string of the molecule is CO[C@@H](Cc1ccccc1)CS(=O)(=O)N(C)c1ccn(C)n1. The highest BCUT2D eigenvalue weighted by atomic mass is 32.2. The van der Waals surface area contributed by atoms with Gasteiger partial charge in [-0.15, -0.1) is 0 Å². The first-order valence-electron chi connectivity index (χ1n) is 6.95. The molecule has 0 amide bonds. The van der Waals surface area contributed by atoms with Gasteiger partial charge in [-0.1, -0.05) is 30.3 Å². The standard InChI is InChI=1S/C15H21N3O3S/c1-17-10-9-15(16-17)18(2)22(19,20)12-14(21-3)11-13-7-5-4-6-8-13/h4-10,14H,11-12H2,1-3H3/t14-/m0/s1. The topological polar surface area (TPSA) is 64.4 Å². The molecule has 0 radical (unpaired) electrons. The third-order valence-electron chi connectivity index (χ3n) is 3.48. The van der Waals surface area contributed by atoms with Crippen molar-refractivity contribution in [3.8, 4) is 0 Å². The predicted octanol–water partition coefficient (Wildman–Crippen LogP) is 1.44. The van der Waals surface area contributed by atoms with Gasteiger partial charge in [0.05, 0.1) is 11.9 Å². The normalized spacial score (nSPS) is 13.0. The molecule has 0 aliphatic carbocycles. The number of hydrogen-bond acceptors (Lipinski definition) is 4. The Kier molecular flexibility index (Phi) is 5.20. The molecule has 6 nitrogen and oxygen atoms in total. The average molecular weight is 323 g/mol. The summed E-state index contributed by atoms with van der Waals surface area (Å²) in [6, 6.07) is 11.4. The molecular weight excluding hydrogens is 302 g/mol. The molecule has 22 heavy (non-hydrogen) atoms. The van der Waals surface area contributed by atoms with E-state index >= 15 is 0 Å². The molecule has 1 aromatic heterocycles. The van der Waals surface area contributed by atoms with Gasteiger partial charge in [0.2, 0.25) is 10.0 Å². The van der Waals surface area contributed by atoms with Crippen molar-refractivity contribution in [2.45, 2.75) is 12.5 Å². The number of methoxy groups -OCH3 is 1. The number of aromatic nitrogens is 2. The molecule has 1 atom stereocenters. The summed E-state index contributed by atoms with van der Waals surface area (Å²) in [6.45, 7) is 0. The van der Waals surface area contributed by atoms with Gasteiger partial charge in [0.1, 0.15) is 0 Å². The van der Waals surface area contributed by atoms with Crippen molar-refractivity contribution in [3.63, 3.8) is 0 Å². The number of aryl methyl sites for hydroxylation is 1. The van der Waals surface area contributed by atoms with Crippen LogP contribution in [0.1, 0.15) is 5.56 Å². The largest absolute Gasteiger partial charge is 0.380 e. The highest BCUT2D eigenvalue weighted by molar-refractivity contribution is 7.92. The van der Waals surface area contributed by atoms with Crippen LogP contribution in [0.3, 0.4) is 0 Å². The first-order valence-corrected chi connectivity index (χ1v) is 8.56. The summed E-state index contributed by atoms with van der Waals surface area (Å²) in [7, 11) is 1.29. The Bertz CT molecular complexity index is 698. The Morgan fingerprint density at radius 1 is 1.27 bits per heavy atom. The van der Waals surface area contributed by atoms with E-state index in [4.69, 9.17) is 4.74 Å². The smallest absolute Gasteiger partial charge is 0.238 e. The minimum absolute atomic E-state index is 0.0918. The van der Waals surface area contributed by atoms with Gasteiger partial charge in [-0.2, -0.15) is 5.10 Å². The molecule has 0 aliphatic heterocycles. The Balaban J connectivity index is 2.08. The first kappa shape index (κ1) is 16.5.